The van der Waals surface area contributed by atoms with Crippen molar-refractivity contribution in [2.45, 2.75) is 71.3 Å². The summed E-state index contributed by atoms with van der Waals surface area (Å²) in [6.45, 7) is 9.80. The van der Waals surface area contributed by atoms with Crippen LogP contribution in [0.4, 0.5) is 0 Å². The molecule has 0 aromatic heterocycles. The Bertz CT molecular complexity index is 233. The number of hydrogen-bond acceptors (Lipinski definition) is 2. The van der Waals surface area contributed by atoms with Gasteiger partial charge in [0.2, 0.25) is 0 Å². The third-order valence-electron chi connectivity index (χ3n) is 5.01. The lowest BCUT2D eigenvalue weighted by Gasteiger charge is -2.39. The molecule has 1 atom stereocenters. The average molecular weight is 266 g/mol. The predicted molar refractivity (Wildman–Crippen MR) is 83.5 cm³/mol. The summed E-state index contributed by atoms with van der Waals surface area (Å²) in [4.78, 5) is 2.72. The van der Waals surface area contributed by atoms with Gasteiger partial charge in [-0.25, -0.2) is 0 Å². The van der Waals surface area contributed by atoms with Crippen LogP contribution in [0.15, 0.2) is 0 Å². The van der Waals surface area contributed by atoms with Crippen LogP contribution in [-0.4, -0.2) is 37.1 Å². The minimum absolute atomic E-state index is 0.791. The quantitative estimate of drug-likeness (QED) is 0.738. The topological polar surface area (TPSA) is 15.3 Å². The Morgan fingerprint density at radius 2 is 1.89 bits per heavy atom. The van der Waals surface area contributed by atoms with Gasteiger partial charge in [-0.3, -0.25) is 0 Å². The van der Waals surface area contributed by atoms with Crippen LogP contribution in [0.5, 0.6) is 0 Å². The van der Waals surface area contributed by atoms with E-state index in [1.807, 2.05) is 0 Å². The van der Waals surface area contributed by atoms with Crippen LogP contribution in [0.1, 0.15) is 65.2 Å². The van der Waals surface area contributed by atoms with Crippen molar-refractivity contribution in [1.82, 2.24) is 10.2 Å². The Morgan fingerprint density at radius 3 is 2.63 bits per heavy atom. The first-order chi connectivity index (χ1) is 9.25. The van der Waals surface area contributed by atoms with Gasteiger partial charge in [-0.05, 0) is 37.6 Å². The average Bonchev–Trinajstić information content (AvgIpc) is 2.45. The highest BCUT2D eigenvalue weighted by Gasteiger charge is 2.27. The van der Waals surface area contributed by atoms with Crippen LogP contribution in [0.25, 0.3) is 0 Å². The highest BCUT2D eigenvalue weighted by Crippen LogP contribution is 2.27. The molecule has 2 nitrogen and oxygen atoms in total. The molecule has 112 valence electrons. The second-order valence-corrected chi connectivity index (χ2v) is 7.15. The molecule has 1 saturated carbocycles. The van der Waals surface area contributed by atoms with E-state index in [0.717, 1.165) is 17.9 Å². The lowest BCUT2D eigenvalue weighted by Crippen LogP contribution is -2.54. The Morgan fingerprint density at radius 1 is 1.11 bits per heavy atom. The van der Waals surface area contributed by atoms with Crippen molar-refractivity contribution in [3.05, 3.63) is 0 Å². The third kappa shape index (κ3) is 5.43. The van der Waals surface area contributed by atoms with Crippen molar-refractivity contribution in [3.63, 3.8) is 0 Å². The SMILES string of the molecule is CC(C)CCCCN1CCNC(C2CCCCC2)C1. The van der Waals surface area contributed by atoms with E-state index >= 15 is 0 Å². The lowest BCUT2D eigenvalue weighted by molar-refractivity contribution is 0.144. The molecule has 1 unspecified atom stereocenters. The van der Waals surface area contributed by atoms with Crippen molar-refractivity contribution in [2.75, 3.05) is 26.2 Å². The van der Waals surface area contributed by atoms with Crippen LogP contribution < -0.4 is 5.32 Å². The van der Waals surface area contributed by atoms with Crippen molar-refractivity contribution in [3.8, 4) is 0 Å². The molecule has 2 heteroatoms. The van der Waals surface area contributed by atoms with Gasteiger partial charge >= 0.3 is 0 Å². The third-order valence-corrected chi connectivity index (χ3v) is 5.01. The van der Waals surface area contributed by atoms with Crippen LogP contribution >= 0.6 is 0 Å². The lowest BCUT2D eigenvalue weighted by atomic mass is 9.83. The minimum Gasteiger partial charge on any atom is -0.311 e. The summed E-state index contributed by atoms with van der Waals surface area (Å²) in [7, 11) is 0. The summed E-state index contributed by atoms with van der Waals surface area (Å²) >= 11 is 0. The molecule has 1 saturated heterocycles. The molecule has 1 aliphatic carbocycles. The van der Waals surface area contributed by atoms with Gasteiger partial charge in [0.25, 0.3) is 0 Å². The standard InChI is InChI=1S/C17H34N2/c1-15(2)8-6-7-12-19-13-11-18-17(14-19)16-9-4-3-5-10-16/h15-18H,3-14H2,1-2H3. The van der Waals surface area contributed by atoms with Gasteiger partial charge in [0.05, 0.1) is 0 Å². The molecule has 1 aliphatic heterocycles. The summed E-state index contributed by atoms with van der Waals surface area (Å²) in [5.74, 6) is 1.84. The van der Waals surface area contributed by atoms with E-state index in [9.17, 15) is 0 Å². The van der Waals surface area contributed by atoms with Crippen molar-refractivity contribution >= 4 is 0 Å². The first-order valence-corrected chi connectivity index (χ1v) is 8.71. The largest absolute Gasteiger partial charge is 0.311 e. The fourth-order valence-electron chi connectivity index (χ4n) is 3.79. The number of nitrogens with zero attached hydrogens (tertiary/aromatic N) is 1. The Kier molecular flexibility index (Phi) is 6.66. The zero-order valence-corrected chi connectivity index (χ0v) is 13.2. The molecular formula is C17H34N2. The van der Waals surface area contributed by atoms with Gasteiger partial charge in [0.1, 0.15) is 0 Å². The monoisotopic (exact) mass is 266 g/mol. The van der Waals surface area contributed by atoms with Gasteiger partial charge in [0.15, 0.2) is 0 Å². The van der Waals surface area contributed by atoms with E-state index < -0.39 is 0 Å². The summed E-state index contributed by atoms with van der Waals surface area (Å²) in [6.07, 6.45) is 11.6. The van der Waals surface area contributed by atoms with Gasteiger partial charge in [-0.15, -0.1) is 0 Å². The van der Waals surface area contributed by atoms with E-state index in [0.29, 0.717) is 0 Å². The molecule has 0 amide bonds. The smallest absolute Gasteiger partial charge is 0.0223 e. The molecule has 2 rings (SSSR count). The maximum atomic E-state index is 3.79. The Hall–Kier alpha value is -0.0800. The molecule has 2 fully saturated rings. The fourth-order valence-corrected chi connectivity index (χ4v) is 3.79. The summed E-state index contributed by atoms with van der Waals surface area (Å²) < 4.78 is 0. The number of unbranched alkanes of at least 4 members (excludes halogenated alkanes) is 1. The minimum atomic E-state index is 0.791. The van der Waals surface area contributed by atoms with E-state index in [1.165, 1.54) is 77.5 Å². The van der Waals surface area contributed by atoms with Crippen molar-refractivity contribution in [1.29, 1.82) is 0 Å². The predicted octanol–water partition coefficient (Wildman–Crippen LogP) is 3.67. The second-order valence-electron chi connectivity index (χ2n) is 7.15. The van der Waals surface area contributed by atoms with Crippen molar-refractivity contribution < 1.29 is 0 Å². The highest BCUT2D eigenvalue weighted by molar-refractivity contribution is 4.85. The van der Waals surface area contributed by atoms with Crippen LogP contribution in [-0.2, 0) is 0 Å². The molecule has 1 N–H and O–H groups in total. The first-order valence-electron chi connectivity index (χ1n) is 8.71. The van der Waals surface area contributed by atoms with E-state index in [1.54, 1.807) is 0 Å². The normalized spacial score (nSPS) is 27.0. The molecule has 0 bridgehead atoms. The fraction of sp³-hybridized carbons (Fsp3) is 1.00. The Balaban J connectivity index is 1.65. The zero-order valence-electron chi connectivity index (χ0n) is 13.2. The molecule has 19 heavy (non-hydrogen) atoms. The molecule has 2 aliphatic rings. The maximum absolute atomic E-state index is 3.79. The van der Waals surface area contributed by atoms with Gasteiger partial charge in [0, 0.05) is 25.7 Å². The maximum Gasteiger partial charge on any atom is 0.0223 e. The van der Waals surface area contributed by atoms with Crippen LogP contribution in [0.2, 0.25) is 0 Å². The molecular weight excluding hydrogens is 232 g/mol. The van der Waals surface area contributed by atoms with Crippen molar-refractivity contribution in [2.24, 2.45) is 11.8 Å². The van der Waals surface area contributed by atoms with Gasteiger partial charge < -0.3 is 10.2 Å². The summed E-state index contributed by atoms with van der Waals surface area (Å²) in [5, 5.41) is 3.79. The second kappa shape index (κ2) is 8.26. The Labute approximate surface area is 120 Å². The summed E-state index contributed by atoms with van der Waals surface area (Å²) in [6, 6.07) is 0.791. The van der Waals surface area contributed by atoms with E-state index in [-0.39, 0.29) is 0 Å². The van der Waals surface area contributed by atoms with Crippen LogP contribution in [0.3, 0.4) is 0 Å². The van der Waals surface area contributed by atoms with Gasteiger partial charge in [-0.2, -0.15) is 0 Å². The molecule has 0 aromatic rings. The summed E-state index contributed by atoms with van der Waals surface area (Å²) in [5.41, 5.74) is 0. The molecule has 0 spiro atoms. The van der Waals surface area contributed by atoms with Crippen LogP contribution in [0, 0.1) is 11.8 Å². The highest BCUT2D eigenvalue weighted by atomic mass is 15.2. The number of nitrogens with one attached hydrogen (secondary N) is 1. The number of piperazine rings is 1. The number of hydrogen-bond donors (Lipinski definition) is 1. The van der Waals surface area contributed by atoms with E-state index in [4.69, 9.17) is 0 Å². The van der Waals surface area contributed by atoms with Gasteiger partial charge in [-0.1, -0.05) is 46.0 Å². The molecule has 1 heterocycles. The molecule has 0 aromatic carbocycles. The van der Waals surface area contributed by atoms with E-state index in [2.05, 4.69) is 24.1 Å². The first kappa shape index (κ1) is 15.3. The zero-order chi connectivity index (χ0) is 13.5. The molecule has 0 radical (unpaired) electrons. The number of rotatable bonds is 6.